The summed E-state index contributed by atoms with van der Waals surface area (Å²) < 4.78 is 5.10. The molecule has 1 heterocycles. The highest BCUT2D eigenvalue weighted by molar-refractivity contribution is 6.20. The molecule has 1 aromatic carbocycles. The van der Waals surface area contributed by atoms with Crippen LogP contribution in [0.25, 0.3) is 11.5 Å². The number of nitro benzene ring substituents is 1. The van der Waals surface area contributed by atoms with Crippen LogP contribution in [-0.4, -0.2) is 15.1 Å². The fourth-order valence-corrected chi connectivity index (χ4v) is 1.74. The lowest BCUT2D eigenvalue weighted by molar-refractivity contribution is -0.384. The molecule has 0 radical (unpaired) electrons. The molecular formula is C12H12ClN3O3. The van der Waals surface area contributed by atoms with Gasteiger partial charge >= 0.3 is 0 Å². The summed E-state index contributed by atoms with van der Waals surface area (Å²) >= 11 is 6.01. The van der Waals surface area contributed by atoms with Gasteiger partial charge in [-0.3, -0.25) is 10.1 Å². The van der Waals surface area contributed by atoms with Crippen molar-refractivity contribution in [2.24, 2.45) is 0 Å². The lowest BCUT2D eigenvalue weighted by Crippen LogP contribution is -1.92. The molecule has 0 saturated heterocycles. The molecule has 2 rings (SSSR count). The van der Waals surface area contributed by atoms with Gasteiger partial charge in [0.2, 0.25) is 0 Å². The average molecular weight is 282 g/mol. The van der Waals surface area contributed by atoms with Gasteiger partial charge in [-0.2, -0.15) is 4.98 Å². The summed E-state index contributed by atoms with van der Waals surface area (Å²) in [4.78, 5) is 14.5. The van der Waals surface area contributed by atoms with Gasteiger partial charge in [0.15, 0.2) is 5.82 Å². The van der Waals surface area contributed by atoms with Crippen LogP contribution >= 0.6 is 11.6 Å². The molecule has 1 aromatic heterocycles. The normalized spacial score (nSPS) is 12.4. The largest absolute Gasteiger partial charge is 0.334 e. The first-order valence-corrected chi connectivity index (χ1v) is 6.19. The molecule has 0 aliphatic rings. The van der Waals surface area contributed by atoms with Gasteiger partial charge in [-0.25, -0.2) is 0 Å². The number of aryl methyl sites for hydroxylation is 1. The van der Waals surface area contributed by atoms with Crippen molar-refractivity contribution >= 4 is 17.3 Å². The van der Waals surface area contributed by atoms with E-state index < -0.39 is 4.92 Å². The van der Waals surface area contributed by atoms with Crippen molar-refractivity contribution in [2.45, 2.75) is 25.6 Å². The zero-order valence-electron chi connectivity index (χ0n) is 10.5. The van der Waals surface area contributed by atoms with Gasteiger partial charge in [0.25, 0.3) is 11.6 Å². The number of aromatic nitrogens is 2. The van der Waals surface area contributed by atoms with Gasteiger partial charge < -0.3 is 4.52 Å². The zero-order chi connectivity index (χ0) is 14.0. The monoisotopic (exact) mass is 281 g/mol. The van der Waals surface area contributed by atoms with Crippen LogP contribution in [0.4, 0.5) is 5.69 Å². The molecule has 0 saturated carbocycles. The number of hydrogen-bond acceptors (Lipinski definition) is 5. The molecule has 0 N–H and O–H groups in total. The highest BCUT2D eigenvalue weighted by atomic mass is 35.5. The van der Waals surface area contributed by atoms with Crippen molar-refractivity contribution in [3.8, 4) is 11.5 Å². The maximum absolute atomic E-state index is 10.8. The van der Waals surface area contributed by atoms with E-state index >= 15 is 0 Å². The van der Waals surface area contributed by atoms with Gasteiger partial charge in [0.05, 0.1) is 10.3 Å². The molecule has 1 unspecified atom stereocenters. The van der Waals surface area contributed by atoms with Gasteiger partial charge in [0.1, 0.15) is 0 Å². The van der Waals surface area contributed by atoms with E-state index in [-0.39, 0.29) is 17.0 Å². The Balaban J connectivity index is 2.41. The minimum atomic E-state index is -0.454. The molecule has 0 aliphatic heterocycles. The van der Waals surface area contributed by atoms with Crippen LogP contribution in [0.1, 0.15) is 30.1 Å². The molecule has 0 fully saturated rings. The number of non-ortho nitro benzene ring substituents is 1. The Labute approximate surface area is 114 Å². The van der Waals surface area contributed by atoms with Crippen LogP contribution in [0.3, 0.4) is 0 Å². The van der Waals surface area contributed by atoms with Crippen LogP contribution in [0.15, 0.2) is 22.7 Å². The number of hydrogen-bond donors (Lipinski definition) is 0. The van der Waals surface area contributed by atoms with Crippen molar-refractivity contribution in [3.05, 3.63) is 39.7 Å². The van der Waals surface area contributed by atoms with Crippen LogP contribution in [0.2, 0.25) is 0 Å². The van der Waals surface area contributed by atoms with Gasteiger partial charge in [-0.05, 0) is 25.0 Å². The van der Waals surface area contributed by atoms with Crippen LogP contribution < -0.4 is 0 Å². The van der Waals surface area contributed by atoms with Crippen molar-refractivity contribution in [2.75, 3.05) is 0 Å². The first-order chi connectivity index (χ1) is 9.01. The van der Waals surface area contributed by atoms with Crippen LogP contribution in [-0.2, 0) is 0 Å². The smallest absolute Gasteiger partial charge is 0.270 e. The molecule has 0 amide bonds. The molecule has 19 heavy (non-hydrogen) atoms. The van der Waals surface area contributed by atoms with E-state index in [4.69, 9.17) is 16.1 Å². The van der Waals surface area contributed by atoms with Gasteiger partial charge in [-0.15, -0.1) is 11.6 Å². The Morgan fingerprint density at radius 1 is 1.47 bits per heavy atom. The summed E-state index contributed by atoms with van der Waals surface area (Å²) in [5.74, 6) is 0.629. The number of nitro groups is 1. The SMILES string of the molecule is CCC(Cl)c1noc(-c2cc(C)cc([N+](=O)[O-])c2)n1. The Morgan fingerprint density at radius 2 is 2.21 bits per heavy atom. The molecule has 0 spiro atoms. The number of alkyl halides is 1. The summed E-state index contributed by atoms with van der Waals surface area (Å²) in [5, 5.41) is 14.3. The zero-order valence-corrected chi connectivity index (χ0v) is 11.2. The Hall–Kier alpha value is -1.95. The molecule has 100 valence electrons. The second-order valence-corrected chi connectivity index (χ2v) is 4.67. The summed E-state index contributed by atoms with van der Waals surface area (Å²) in [5.41, 5.74) is 1.26. The quantitative estimate of drug-likeness (QED) is 0.485. The lowest BCUT2D eigenvalue weighted by Gasteiger charge is -1.98. The minimum Gasteiger partial charge on any atom is -0.334 e. The van der Waals surface area contributed by atoms with Gasteiger partial charge in [-0.1, -0.05) is 12.1 Å². The van der Waals surface area contributed by atoms with E-state index in [1.54, 1.807) is 13.0 Å². The van der Waals surface area contributed by atoms with E-state index in [1.807, 2.05) is 6.92 Å². The van der Waals surface area contributed by atoms with E-state index in [0.29, 0.717) is 17.8 Å². The average Bonchev–Trinajstić information content (AvgIpc) is 2.86. The van der Waals surface area contributed by atoms with Crippen molar-refractivity contribution < 1.29 is 9.45 Å². The standard InChI is InChI=1S/C12H12ClN3O3/c1-3-10(13)11-14-12(19-15-11)8-4-7(2)5-9(6-8)16(17)18/h4-6,10H,3H2,1-2H3. The van der Waals surface area contributed by atoms with Crippen molar-refractivity contribution in [1.82, 2.24) is 10.1 Å². The third-order valence-electron chi connectivity index (χ3n) is 2.60. The predicted molar refractivity (Wildman–Crippen MR) is 70.0 cm³/mol. The maximum Gasteiger partial charge on any atom is 0.270 e. The topological polar surface area (TPSA) is 82.1 Å². The van der Waals surface area contributed by atoms with Crippen molar-refractivity contribution in [3.63, 3.8) is 0 Å². The molecular weight excluding hydrogens is 270 g/mol. The van der Waals surface area contributed by atoms with E-state index in [2.05, 4.69) is 10.1 Å². The fourth-order valence-electron chi connectivity index (χ4n) is 1.65. The molecule has 2 aromatic rings. The highest BCUT2D eigenvalue weighted by Crippen LogP contribution is 2.27. The highest BCUT2D eigenvalue weighted by Gasteiger charge is 2.17. The lowest BCUT2D eigenvalue weighted by atomic mass is 10.1. The van der Waals surface area contributed by atoms with Crippen LogP contribution in [0, 0.1) is 17.0 Å². The number of benzene rings is 1. The number of nitrogens with zero attached hydrogens (tertiary/aromatic N) is 3. The van der Waals surface area contributed by atoms with E-state index in [1.165, 1.54) is 12.1 Å². The predicted octanol–water partition coefficient (Wildman–Crippen LogP) is 3.64. The fraction of sp³-hybridized carbons (Fsp3) is 0.333. The molecule has 1 atom stereocenters. The summed E-state index contributed by atoms with van der Waals surface area (Å²) in [6.07, 6.45) is 0.675. The second kappa shape index (κ2) is 5.36. The summed E-state index contributed by atoms with van der Waals surface area (Å²) in [6, 6.07) is 4.64. The number of rotatable bonds is 4. The molecule has 0 bridgehead atoms. The number of halogens is 1. The Morgan fingerprint density at radius 3 is 2.84 bits per heavy atom. The third kappa shape index (κ3) is 2.90. The third-order valence-corrected chi connectivity index (χ3v) is 3.10. The Kier molecular flexibility index (Phi) is 3.80. The van der Waals surface area contributed by atoms with Crippen molar-refractivity contribution in [1.29, 1.82) is 0 Å². The van der Waals surface area contributed by atoms with E-state index in [0.717, 1.165) is 5.56 Å². The summed E-state index contributed by atoms with van der Waals surface area (Å²) in [6.45, 7) is 3.68. The van der Waals surface area contributed by atoms with Gasteiger partial charge in [0, 0.05) is 17.7 Å². The maximum atomic E-state index is 10.8. The minimum absolute atomic E-state index is 0.00679. The molecule has 6 nitrogen and oxygen atoms in total. The Bertz CT molecular complexity index is 612. The molecule has 7 heteroatoms. The summed E-state index contributed by atoms with van der Waals surface area (Å²) in [7, 11) is 0. The second-order valence-electron chi connectivity index (χ2n) is 4.15. The van der Waals surface area contributed by atoms with E-state index in [9.17, 15) is 10.1 Å². The molecule has 0 aliphatic carbocycles. The van der Waals surface area contributed by atoms with Crippen LogP contribution in [0.5, 0.6) is 0 Å². The first kappa shape index (κ1) is 13.5. The first-order valence-electron chi connectivity index (χ1n) is 5.75.